The van der Waals surface area contributed by atoms with Gasteiger partial charge in [-0.25, -0.2) is 9.97 Å². The van der Waals surface area contributed by atoms with Crippen molar-refractivity contribution < 1.29 is 4.42 Å². The Labute approximate surface area is 369 Å². The molecular formula is C60H32N4O. The molecule has 5 heteroatoms. The molecule has 0 amide bonds. The second-order valence-electron chi connectivity index (χ2n) is 17.6. The van der Waals surface area contributed by atoms with Crippen molar-refractivity contribution in [1.82, 2.24) is 19.1 Å². The number of benzene rings is 11. The van der Waals surface area contributed by atoms with E-state index in [1.54, 1.807) is 0 Å². The molecular weight excluding hydrogens is 793 g/mol. The Morgan fingerprint density at radius 1 is 0.338 bits per heavy atom. The lowest BCUT2D eigenvalue weighted by atomic mass is 9.94. The van der Waals surface area contributed by atoms with Crippen molar-refractivity contribution in [2.75, 3.05) is 0 Å². The molecule has 0 saturated carbocycles. The highest BCUT2D eigenvalue weighted by Gasteiger charge is 2.29. The molecule has 15 aromatic rings. The third-order valence-electron chi connectivity index (χ3n) is 14.4. The zero-order valence-electron chi connectivity index (χ0n) is 34.7. The Morgan fingerprint density at radius 2 is 0.908 bits per heavy atom. The summed E-state index contributed by atoms with van der Waals surface area (Å²) in [7, 11) is 0. The molecule has 11 aromatic carbocycles. The Balaban J connectivity index is 1.13. The van der Waals surface area contributed by atoms with Gasteiger partial charge in [-0.1, -0.05) is 140 Å². The minimum absolute atomic E-state index is 0.782. The van der Waals surface area contributed by atoms with Gasteiger partial charge >= 0.3 is 0 Å². The second kappa shape index (κ2) is 12.0. The minimum atomic E-state index is 0.782. The highest BCUT2D eigenvalue weighted by atomic mass is 16.3. The number of furan rings is 1. The Morgan fingerprint density at radius 3 is 1.68 bits per heavy atom. The summed E-state index contributed by atoms with van der Waals surface area (Å²) in [6, 6.07) is 70.3. The molecule has 1 aliphatic carbocycles. The fourth-order valence-electron chi connectivity index (χ4n) is 11.8. The maximum absolute atomic E-state index is 6.68. The van der Waals surface area contributed by atoms with Crippen molar-refractivity contribution in [1.29, 1.82) is 0 Å². The monoisotopic (exact) mass is 824 g/mol. The van der Waals surface area contributed by atoms with Crippen LogP contribution in [0, 0.1) is 0 Å². The standard InChI is InChI=1S/C60H32N4O/c1-2-14-34(15-3-1)63-48-25-9-8-20-39(48)42-23-11-24-43(59(42)63)58-60(62-47-32-45-38-19-7-5-17-36(38)35-16-4-6-18-37(35)44(45)31-46(47)61-58)64-49-28-27-33-13-10-21-40-41-22-12-26-51-54(41)57-52(65-51)30-29-50(64)56(57)55(49)53(33)40/h1-32H. The third-order valence-corrected chi connectivity index (χ3v) is 14.4. The summed E-state index contributed by atoms with van der Waals surface area (Å²) in [4.78, 5) is 11.8. The summed E-state index contributed by atoms with van der Waals surface area (Å²) in [6.45, 7) is 0. The molecule has 0 spiro atoms. The number of para-hydroxylation sites is 3. The number of nitrogens with zero attached hydrogens (tertiary/aromatic N) is 4. The van der Waals surface area contributed by atoms with E-state index in [2.05, 4.69) is 203 Å². The SMILES string of the molecule is c1ccc(-n2c3ccccc3c3cccc(-c4nc5cc6c7ccccc7c7ccccc7c6cc5nc4-n4c5ccc6cccc7c6c5c5c6c(ccc54)oc4cccc-7c46)c32)cc1. The molecule has 5 nitrogen and oxygen atoms in total. The predicted octanol–water partition coefficient (Wildman–Crippen LogP) is 16.0. The Bertz CT molecular complexity index is 4650. The van der Waals surface area contributed by atoms with Gasteiger partial charge in [0.05, 0.1) is 33.1 Å². The second-order valence-corrected chi connectivity index (χ2v) is 17.6. The summed E-state index contributed by atoms with van der Waals surface area (Å²) in [5.74, 6) is 0.782. The molecule has 0 atom stereocenters. The quantitative estimate of drug-likeness (QED) is 0.132. The largest absolute Gasteiger partial charge is 0.456 e. The van der Waals surface area contributed by atoms with Gasteiger partial charge in [-0.15, -0.1) is 0 Å². The van der Waals surface area contributed by atoms with E-state index in [-0.39, 0.29) is 0 Å². The Kier molecular flexibility index (Phi) is 6.24. The summed E-state index contributed by atoms with van der Waals surface area (Å²) in [6.07, 6.45) is 0. The van der Waals surface area contributed by atoms with Gasteiger partial charge in [-0.3, -0.25) is 4.57 Å². The van der Waals surface area contributed by atoms with E-state index < -0.39 is 0 Å². The molecule has 4 heterocycles. The van der Waals surface area contributed by atoms with Crippen molar-refractivity contribution in [2.45, 2.75) is 0 Å². The first-order chi connectivity index (χ1) is 32.3. The molecule has 4 aromatic heterocycles. The van der Waals surface area contributed by atoms with Crippen molar-refractivity contribution in [3.63, 3.8) is 0 Å². The zero-order chi connectivity index (χ0) is 42.1. The van der Waals surface area contributed by atoms with E-state index in [0.29, 0.717) is 0 Å². The van der Waals surface area contributed by atoms with Gasteiger partial charge < -0.3 is 8.98 Å². The van der Waals surface area contributed by atoms with Crippen LogP contribution in [0.15, 0.2) is 199 Å². The fraction of sp³-hybridized carbons (Fsp3) is 0. The number of aromatic nitrogens is 4. The normalized spacial score (nSPS) is 12.6. The molecule has 0 saturated heterocycles. The zero-order valence-corrected chi connectivity index (χ0v) is 34.7. The molecule has 1 aliphatic rings. The van der Waals surface area contributed by atoms with Crippen molar-refractivity contribution >= 4 is 120 Å². The topological polar surface area (TPSA) is 48.8 Å². The first kappa shape index (κ1) is 33.8. The van der Waals surface area contributed by atoms with Gasteiger partial charge in [-0.2, -0.15) is 0 Å². The highest BCUT2D eigenvalue weighted by molar-refractivity contribution is 6.38. The summed E-state index contributed by atoms with van der Waals surface area (Å²) in [5.41, 5.74) is 13.2. The molecule has 0 radical (unpaired) electrons. The first-order valence-electron chi connectivity index (χ1n) is 22.2. The van der Waals surface area contributed by atoms with Gasteiger partial charge in [0.2, 0.25) is 0 Å². The van der Waals surface area contributed by atoms with E-state index in [1.807, 2.05) is 0 Å². The molecule has 0 unspecified atom stereocenters. The van der Waals surface area contributed by atoms with Gasteiger partial charge in [0.15, 0.2) is 5.82 Å². The highest BCUT2D eigenvalue weighted by Crippen LogP contribution is 2.52. The van der Waals surface area contributed by atoms with Gasteiger partial charge in [0, 0.05) is 43.6 Å². The lowest BCUT2D eigenvalue weighted by molar-refractivity contribution is 0.669. The molecule has 16 rings (SSSR count). The molecule has 0 bridgehead atoms. The van der Waals surface area contributed by atoms with Gasteiger partial charge in [-0.05, 0) is 109 Å². The average Bonchev–Trinajstić information content (AvgIpc) is 4.00. The van der Waals surface area contributed by atoms with Crippen molar-refractivity contribution in [3.05, 3.63) is 194 Å². The van der Waals surface area contributed by atoms with Crippen LogP contribution in [0.3, 0.4) is 0 Å². The van der Waals surface area contributed by atoms with Crippen LogP contribution in [0.5, 0.6) is 0 Å². The minimum Gasteiger partial charge on any atom is -0.456 e. The lowest BCUT2D eigenvalue weighted by Gasteiger charge is -2.17. The molecule has 0 N–H and O–H groups in total. The van der Waals surface area contributed by atoms with Crippen LogP contribution in [-0.4, -0.2) is 19.1 Å². The van der Waals surface area contributed by atoms with E-state index in [4.69, 9.17) is 14.4 Å². The van der Waals surface area contributed by atoms with Crippen LogP contribution >= 0.6 is 0 Å². The number of hydrogen-bond acceptors (Lipinski definition) is 3. The van der Waals surface area contributed by atoms with Crippen LogP contribution in [-0.2, 0) is 0 Å². The van der Waals surface area contributed by atoms with E-state index in [0.717, 1.165) is 88.6 Å². The average molecular weight is 825 g/mol. The maximum atomic E-state index is 6.68. The van der Waals surface area contributed by atoms with Crippen LogP contribution < -0.4 is 0 Å². The fourth-order valence-corrected chi connectivity index (χ4v) is 11.8. The molecule has 298 valence electrons. The predicted molar refractivity (Wildman–Crippen MR) is 270 cm³/mol. The molecule has 0 aliphatic heterocycles. The molecule has 65 heavy (non-hydrogen) atoms. The van der Waals surface area contributed by atoms with Crippen LogP contribution in [0.2, 0.25) is 0 Å². The first-order valence-corrected chi connectivity index (χ1v) is 22.2. The number of rotatable bonds is 3. The summed E-state index contributed by atoms with van der Waals surface area (Å²) < 4.78 is 11.5. The molecule has 0 fully saturated rings. The van der Waals surface area contributed by atoms with Crippen LogP contribution in [0.25, 0.3) is 154 Å². The van der Waals surface area contributed by atoms with Gasteiger partial charge in [0.1, 0.15) is 16.9 Å². The van der Waals surface area contributed by atoms with Crippen molar-refractivity contribution in [3.8, 4) is 33.9 Å². The van der Waals surface area contributed by atoms with Crippen LogP contribution in [0.1, 0.15) is 0 Å². The lowest BCUT2D eigenvalue weighted by Crippen LogP contribution is -2.05. The van der Waals surface area contributed by atoms with Crippen LogP contribution in [0.4, 0.5) is 0 Å². The maximum Gasteiger partial charge on any atom is 0.165 e. The van der Waals surface area contributed by atoms with E-state index in [9.17, 15) is 0 Å². The van der Waals surface area contributed by atoms with Gasteiger partial charge in [0.25, 0.3) is 0 Å². The number of fused-ring (bicyclic) bond motifs is 11. The summed E-state index contributed by atoms with van der Waals surface area (Å²) >= 11 is 0. The summed E-state index contributed by atoms with van der Waals surface area (Å²) in [5, 5.41) is 16.7. The Hall–Kier alpha value is -8.80. The van der Waals surface area contributed by atoms with E-state index in [1.165, 1.54) is 65.0 Å². The van der Waals surface area contributed by atoms with Crippen molar-refractivity contribution in [2.24, 2.45) is 0 Å². The smallest absolute Gasteiger partial charge is 0.165 e. The third kappa shape index (κ3) is 4.23. The van der Waals surface area contributed by atoms with E-state index >= 15 is 0 Å². The number of hydrogen-bond donors (Lipinski definition) is 0.